The Morgan fingerprint density at radius 3 is 2.53 bits per heavy atom. The monoisotopic (exact) mass is 280 g/mol. The summed E-state index contributed by atoms with van der Waals surface area (Å²) >= 11 is 10.4. The first-order valence-electron chi connectivity index (χ1n) is 4.30. The van der Waals surface area contributed by atoms with Crippen LogP contribution in [0.25, 0.3) is 11.5 Å². The van der Waals surface area contributed by atoms with Crippen LogP contribution in [0.2, 0.25) is 5.02 Å². The van der Waals surface area contributed by atoms with Crippen molar-refractivity contribution < 1.29 is 17.6 Å². The van der Waals surface area contributed by atoms with Crippen molar-refractivity contribution in [3.05, 3.63) is 33.6 Å². The Morgan fingerprint density at radius 2 is 2.06 bits per heavy atom. The summed E-state index contributed by atoms with van der Waals surface area (Å²) in [6, 6.07) is 2.89. The summed E-state index contributed by atoms with van der Waals surface area (Å²) in [5.74, 6) is 0.0497. The predicted octanol–water partition coefficient (Wildman–Crippen LogP) is 4.07. The van der Waals surface area contributed by atoms with E-state index in [9.17, 15) is 13.2 Å². The second kappa shape index (κ2) is 4.15. The van der Waals surface area contributed by atoms with E-state index < -0.39 is 11.7 Å². The topological polar surface area (TPSA) is 41.8 Å². The van der Waals surface area contributed by atoms with E-state index in [2.05, 4.69) is 22.4 Å². The first-order chi connectivity index (χ1) is 7.88. The van der Waals surface area contributed by atoms with Gasteiger partial charge in [0.2, 0.25) is 5.89 Å². The van der Waals surface area contributed by atoms with Gasteiger partial charge in [0.1, 0.15) is 0 Å². The minimum absolute atomic E-state index is 0.0240. The van der Waals surface area contributed by atoms with Gasteiger partial charge in [-0.1, -0.05) is 11.6 Å². The van der Waals surface area contributed by atoms with Gasteiger partial charge in [0.05, 0.1) is 16.1 Å². The maximum absolute atomic E-state index is 12.4. The summed E-state index contributed by atoms with van der Waals surface area (Å²) in [7, 11) is 0. The van der Waals surface area contributed by atoms with E-state index in [1.54, 1.807) is 0 Å². The Bertz CT molecular complexity index is 605. The van der Waals surface area contributed by atoms with Crippen LogP contribution in [0.4, 0.5) is 13.2 Å². The van der Waals surface area contributed by atoms with E-state index in [0.29, 0.717) is 0 Å². The van der Waals surface area contributed by atoms with Crippen LogP contribution in [0, 0.1) is 4.84 Å². The number of aromatic nitrogens is 2. The molecule has 0 fully saturated rings. The summed E-state index contributed by atoms with van der Waals surface area (Å²) < 4.78 is 42.1. The first-order valence-corrected chi connectivity index (χ1v) is 5.09. The number of halogens is 4. The average Bonchev–Trinajstić information content (AvgIpc) is 2.63. The molecule has 2 aromatic rings. The van der Waals surface area contributed by atoms with Crippen molar-refractivity contribution in [3.8, 4) is 11.5 Å². The first kappa shape index (κ1) is 12.1. The van der Waals surface area contributed by atoms with Gasteiger partial charge in [0.15, 0.2) is 0 Å². The quantitative estimate of drug-likeness (QED) is 0.801. The molecule has 1 aromatic heterocycles. The zero-order valence-corrected chi connectivity index (χ0v) is 9.58. The lowest BCUT2D eigenvalue weighted by atomic mass is 10.1. The predicted molar refractivity (Wildman–Crippen MR) is 57.1 cm³/mol. The maximum atomic E-state index is 12.4. The number of nitrogens with zero attached hydrogens (tertiary/aromatic N) is 1. The molecule has 0 aliphatic heterocycles. The number of aromatic amines is 1. The third-order valence-electron chi connectivity index (χ3n) is 1.96. The van der Waals surface area contributed by atoms with Crippen LogP contribution in [0.5, 0.6) is 0 Å². The molecule has 0 spiro atoms. The highest BCUT2D eigenvalue weighted by molar-refractivity contribution is 7.71. The summed E-state index contributed by atoms with van der Waals surface area (Å²) in [4.78, 5) is 0.0240. The second-order valence-electron chi connectivity index (χ2n) is 3.11. The van der Waals surface area contributed by atoms with Crippen LogP contribution in [0.15, 0.2) is 22.6 Å². The molecule has 90 valence electrons. The van der Waals surface area contributed by atoms with Gasteiger partial charge >= 0.3 is 6.18 Å². The van der Waals surface area contributed by atoms with Gasteiger partial charge < -0.3 is 4.42 Å². The number of nitrogens with one attached hydrogen (secondary N) is 1. The molecule has 0 radical (unpaired) electrons. The summed E-state index contributed by atoms with van der Waals surface area (Å²) in [5.41, 5.74) is -0.590. The molecule has 0 aliphatic rings. The molecular formula is C9H4ClF3N2OS. The smallest absolute Gasteiger partial charge is 0.409 e. The molecule has 0 saturated carbocycles. The Balaban J connectivity index is 2.49. The third-order valence-corrected chi connectivity index (χ3v) is 2.45. The standard InChI is InChI=1S/C9H4ClF3N2OS/c10-6-3-4(9(11,12)13)1-2-5(6)7-14-15-8(17)16-7/h1-3H,(H,15,17). The molecule has 0 saturated heterocycles. The minimum atomic E-state index is -4.44. The number of benzene rings is 1. The number of hydrogen-bond acceptors (Lipinski definition) is 3. The Morgan fingerprint density at radius 1 is 1.35 bits per heavy atom. The van der Waals surface area contributed by atoms with Crippen LogP contribution in [0.1, 0.15) is 5.56 Å². The minimum Gasteiger partial charge on any atom is -0.409 e. The van der Waals surface area contributed by atoms with Crippen LogP contribution in [0.3, 0.4) is 0 Å². The van der Waals surface area contributed by atoms with Crippen LogP contribution in [-0.2, 0) is 6.18 Å². The van der Waals surface area contributed by atoms with Gasteiger partial charge in [-0.05, 0) is 30.4 Å². The number of hydrogen-bond donors (Lipinski definition) is 1. The maximum Gasteiger partial charge on any atom is 0.416 e. The molecule has 1 heterocycles. The van der Waals surface area contributed by atoms with E-state index in [-0.39, 0.29) is 21.3 Å². The molecule has 0 aliphatic carbocycles. The van der Waals surface area contributed by atoms with E-state index in [0.717, 1.165) is 12.1 Å². The van der Waals surface area contributed by atoms with Crippen molar-refractivity contribution in [2.75, 3.05) is 0 Å². The van der Waals surface area contributed by atoms with Gasteiger partial charge in [-0.15, -0.1) is 5.10 Å². The van der Waals surface area contributed by atoms with Gasteiger partial charge in [-0.3, -0.25) is 0 Å². The Hall–Kier alpha value is -1.34. The van der Waals surface area contributed by atoms with Crippen molar-refractivity contribution in [2.45, 2.75) is 6.18 Å². The molecule has 1 aromatic carbocycles. The molecule has 0 amide bonds. The number of H-pyrrole nitrogens is 1. The van der Waals surface area contributed by atoms with Crippen molar-refractivity contribution in [2.24, 2.45) is 0 Å². The lowest BCUT2D eigenvalue weighted by molar-refractivity contribution is -0.137. The number of rotatable bonds is 1. The second-order valence-corrected chi connectivity index (χ2v) is 3.89. The zero-order valence-electron chi connectivity index (χ0n) is 8.01. The molecule has 17 heavy (non-hydrogen) atoms. The lowest BCUT2D eigenvalue weighted by Crippen LogP contribution is -2.04. The molecule has 8 heteroatoms. The molecular weight excluding hydrogens is 277 g/mol. The molecule has 0 bridgehead atoms. The average molecular weight is 281 g/mol. The largest absolute Gasteiger partial charge is 0.416 e. The fourth-order valence-electron chi connectivity index (χ4n) is 1.21. The SMILES string of the molecule is FC(F)(F)c1ccc(-c2n[nH]c(=S)o2)c(Cl)c1. The fraction of sp³-hybridized carbons (Fsp3) is 0.111. The Kier molecular flexibility index (Phi) is 2.96. The van der Waals surface area contributed by atoms with Crippen LogP contribution < -0.4 is 0 Å². The van der Waals surface area contributed by atoms with Crippen molar-refractivity contribution >= 4 is 23.8 Å². The molecule has 1 N–H and O–H groups in total. The van der Waals surface area contributed by atoms with E-state index >= 15 is 0 Å². The normalized spacial score (nSPS) is 11.8. The number of alkyl halides is 3. The summed E-state index contributed by atoms with van der Waals surface area (Å²) in [5, 5.41) is 5.93. The fourth-order valence-corrected chi connectivity index (χ4v) is 1.60. The van der Waals surface area contributed by atoms with Crippen LogP contribution in [-0.4, -0.2) is 10.2 Å². The van der Waals surface area contributed by atoms with Gasteiger partial charge in [0, 0.05) is 0 Å². The summed E-state index contributed by atoms with van der Waals surface area (Å²) in [6.07, 6.45) is -4.44. The summed E-state index contributed by atoms with van der Waals surface area (Å²) in [6.45, 7) is 0. The van der Waals surface area contributed by atoms with Gasteiger partial charge in [-0.25, -0.2) is 5.10 Å². The van der Waals surface area contributed by atoms with E-state index in [4.69, 9.17) is 16.0 Å². The Labute approximate surface area is 103 Å². The zero-order chi connectivity index (χ0) is 12.6. The van der Waals surface area contributed by atoms with Crippen LogP contribution >= 0.6 is 23.8 Å². The van der Waals surface area contributed by atoms with Gasteiger partial charge in [0.25, 0.3) is 4.84 Å². The molecule has 0 atom stereocenters. The third kappa shape index (κ3) is 2.50. The van der Waals surface area contributed by atoms with Gasteiger partial charge in [-0.2, -0.15) is 13.2 Å². The van der Waals surface area contributed by atoms with Crippen molar-refractivity contribution in [1.29, 1.82) is 0 Å². The highest BCUT2D eigenvalue weighted by Crippen LogP contribution is 2.34. The highest BCUT2D eigenvalue weighted by Gasteiger charge is 2.31. The van der Waals surface area contributed by atoms with E-state index in [1.807, 2.05) is 0 Å². The molecule has 2 rings (SSSR count). The molecule has 0 unspecified atom stereocenters. The lowest BCUT2D eigenvalue weighted by Gasteiger charge is -2.07. The molecule has 3 nitrogen and oxygen atoms in total. The van der Waals surface area contributed by atoms with Crippen molar-refractivity contribution in [3.63, 3.8) is 0 Å². The van der Waals surface area contributed by atoms with Crippen molar-refractivity contribution in [1.82, 2.24) is 10.2 Å². The highest BCUT2D eigenvalue weighted by atomic mass is 35.5. The van der Waals surface area contributed by atoms with E-state index in [1.165, 1.54) is 6.07 Å².